The molecule has 1 fully saturated rings. The summed E-state index contributed by atoms with van der Waals surface area (Å²) in [5.74, 6) is 0.369. The molecule has 1 aromatic heterocycles. The van der Waals surface area contributed by atoms with Crippen molar-refractivity contribution in [2.75, 3.05) is 18.0 Å². The molecule has 0 amide bonds. The lowest BCUT2D eigenvalue weighted by Crippen LogP contribution is -2.26. The zero-order valence-corrected chi connectivity index (χ0v) is 11.1. The van der Waals surface area contributed by atoms with E-state index in [0.717, 1.165) is 25.3 Å². The summed E-state index contributed by atoms with van der Waals surface area (Å²) in [4.78, 5) is 21.0. The van der Waals surface area contributed by atoms with E-state index >= 15 is 0 Å². The van der Waals surface area contributed by atoms with Gasteiger partial charge in [-0.1, -0.05) is 20.8 Å². The lowest BCUT2D eigenvalue weighted by Gasteiger charge is -2.27. The lowest BCUT2D eigenvalue weighted by atomic mass is 9.80. The van der Waals surface area contributed by atoms with E-state index in [9.17, 15) is 4.79 Å². The van der Waals surface area contributed by atoms with Crippen molar-refractivity contribution in [3.8, 4) is 0 Å². The van der Waals surface area contributed by atoms with Crippen LogP contribution in [0.15, 0.2) is 12.4 Å². The minimum Gasteiger partial charge on any atom is -0.476 e. The van der Waals surface area contributed by atoms with Gasteiger partial charge in [-0.05, 0) is 17.8 Å². The Balaban J connectivity index is 2.08. The minimum atomic E-state index is -1.04. The lowest BCUT2D eigenvalue weighted by molar-refractivity contribution is 0.0690. The van der Waals surface area contributed by atoms with Crippen molar-refractivity contribution in [2.45, 2.75) is 27.2 Å². The summed E-state index contributed by atoms with van der Waals surface area (Å²) in [6.45, 7) is 8.68. The second-order valence-corrected chi connectivity index (χ2v) is 5.86. The Morgan fingerprint density at radius 2 is 2.11 bits per heavy atom. The van der Waals surface area contributed by atoms with E-state index in [1.54, 1.807) is 6.20 Å². The number of carboxylic acids is 1. The van der Waals surface area contributed by atoms with Gasteiger partial charge in [0.15, 0.2) is 5.69 Å². The van der Waals surface area contributed by atoms with Crippen molar-refractivity contribution in [1.82, 2.24) is 9.97 Å². The Labute approximate surface area is 107 Å². The molecule has 1 aliphatic heterocycles. The third-order valence-corrected chi connectivity index (χ3v) is 3.59. The van der Waals surface area contributed by atoms with Crippen LogP contribution >= 0.6 is 0 Å². The second-order valence-electron chi connectivity index (χ2n) is 5.86. The van der Waals surface area contributed by atoms with Gasteiger partial charge < -0.3 is 10.0 Å². The molecular weight excluding hydrogens is 230 g/mol. The first kappa shape index (κ1) is 12.8. The summed E-state index contributed by atoms with van der Waals surface area (Å²) in [6.07, 6.45) is 4.02. The van der Waals surface area contributed by atoms with Gasteiger partial charge in [-0.15, -0.1) is 0 Å². The molecule has 2 heterocycles. The minimum absolute atomic E-state index is 0.00896. The molecule has 98 valence electrons. The van der Waals surface area contributed by atoms with E-state index in [1.165, 1.54) is 6.20 Å². The van der Waals surface area contributed by atoms with Crippen molar-refractivity contribution in [2.24, 2.45) is 11.3 Å². The smallest absolute Gasteiger partial charge is 0.356 e. The van der Waals surface area contributed by atoms with Crippen LogP contribution in [0.3, 0.4) is 0 Å². The summed E-state index contributed by atoms with van der Waals surface area (Å²) in [6, 6.07) is 0. The van der Waals surface area contributed by atoms with Gasteiger partial charge in [0.05, 0.1) is 12.4 Å². The second kappa shape index (κ2) is 4.55. The van der Waals surface area contributed by atoms with E-state index in [2.05, 4.69) is 35.6 Å². The number of aromatic carboxylic acids is 1. The molecule has 0 aromatic carbocycles. The fraction of sp³-hybridized carbons (Fsp3) is 0.615. The van der Waals surface area contributed by atoms with Gasteiger partial charge in [0.2, 0.25) is 0 Å². The molecule has 0 spiro atoms. The van der Waals surface area contributed by atoms with Crippen molar-refractivity contribution in [3.05, 3.63) is 18.1 Å². The summed E-state index contributed by atoms with van der Waals surface area (Å²) in [7, 11) is 0. The maximum atomic E-state index is 10.7. The highest BCUT2D eigenvalue weighted by Crippen LogP contribution is 2.34. The number of nitrogens with zero attached hydrogens (tertiary/aromatic N) is 3. The monoisotopic (exact) mass is 249 g/mol. The molecule has 5 nitrogen and oxygen atoms in total. The average Bonchev–Trinajstić information content (AvgIpc) is 2.78. The van der Waals surface area contributed by atoms with E-state index < -0.39 is 5.97 Å². The highest BCUT2D eigenvalue weighted by atomic mass is 16.4. The summed E-state index contributed by atoms with van der Waals surface area (Å²) < 4.78 is 0. The van der Waals surface area contributed by atoms with E-state index in [1.807, 2.05) is 0 Å². The molecule has 1 atom stereocenters. The van der Waals surface area contributed by atoms with Crippen LogP contribution in [0.2, 0.25) is 0 Å². The Hall–Kier alpha value is -1.65. The fourth-order valence-electron chi connectivity index (χ4n) is 2.27. The predicted octanol–water partition coefficient (Wildman–Crippen LogP) is 2.05. The van der Waals surface area contributed by atoms with Crippen LogP contribution in [-0.4, -0.2) is 34.1 Å². The Morgan fingerprint density at radius 1 is 1.39 bits per heavy atom. The molecule has 0 saturated carbocycles. The summed E-state index contributed by atoms with van der Waals surface area (Å²) in [5.41, 5.74) is 0.286. The Morgan fingerprint density at radius 3 is 2.56 bits per heavy atom. The largest absolute Gasteiger partial charge is 0.476 e. The molecule has 18 heavy (non-hydrogen) atoms. The van der Waals surface area contributed by atoms with Crippen LogP contribution in [0.5, 0.6) is 0 Å². The topological polar surface area (TPSA) is 66.3 Å². The van der Waals surface area contributed by atoms with Crippen molar-refractivity contribution >= 4 is 11.8 Å². The number of carbonyl (C=O) groups is 1. The SMILES string of the molecule is CC(C)(C)C1CCN(c2cnc(C(=O)O)cn2)C1. The van der Waals surface area contributed by atoms with E-state index in [-0.39, 0.29) is 5.69 Å². The highest BCUT2D eigenvalue weighted by Gasteiger charge is 2.32. The zero-order chi connectivity index (χ0) is 13.3. The maximum Gasteiger partial charge on any atom is 0.356 e. The van der Waals surface area contributed by atoms with Crippen LogP contribution in [0, 0.1) is 11.3 Å². The van der Waals surface area contributed by atoms with Crippen LogP contribution in [0.25, 0.3) is 0 Å². The van der Waals surface area contributed by atoms with Gasteiger partial charge in [-0.3, -0.25) is 0 Å². The first-order valence-corrected chi connectivity index (χ1v) is 6.18. The molecule has 0 aliphatic carbocycles. The fourth-order valence-corrected chi connectivity index (χ4v) is 2.27. The van der Waals surface area contributed by atoms with Crippen LogP contribution < -0.4 is 4.90 Å². The number of rotatable bonds is 2. The van der Waals surface area contributed by atoms with Gasteiger partial charge in [0, 0.05) is 13.1 Å². The average molecular weight is 249 g/mol. The first-order valence-electron chi connectivity index (χ1n) is 6.18. The van der Waals surface area contributed by atoms with Gasteiger partial charge in [-0.2, -0.15) is 0 Å². The quantitative estimate of drug-likeness (QED) is 0.868. The van der Waals surface area contributed by atoms with Crippen LogP contribution in [0.1, 0.15) is 37.7 Å². The molecule has 0 radical (unpaired) electrons. The zero-order valence-electron chi connectivity index (χ0n) is 11.1. The molecule has 1 N–H and O–H groups in total. The molecule has 5 heteroatoms. The van der Waals surface area contributed by atoms with Crippen molar-refractivity contribution in [3.63, 3.8) is 0 Å². The van der Waals surface area contributed by atoms with Crippen molar-refractivity contribution in [1.29, 1.82) is 0 Å². The molecule has 1 saturated heterocycles. The van der Waals surface area contributed by atoms with Crippen molar-refractivity contribution < 1.29 is 9.90 Å². The van der Waals surface area contributed by atoms with E-state index in [4.69, 9.17) is 5.11 Å². The summed E-state index contributed by atoms with van der Waals surface area (Å²) in [5, 5.41) is 8.77. The number of hydrogen-bond acceptors (Lipinski definition) is 4. The van der Waals surface area contributed by atoms with Gasteiger partial charge in [-0.25, -0.2) is 14.8 Å². The number of hydrogen-bond donors (Lipinski definition) is 1. The molecule has 1 aromatic rings. The molecule has 0 bridgehead atoms. The molecule has 1 unspecified atom stereocenters. The standard InChI is InChI=1S/C13H19N3O2/c1-13(2,3)9-4-5-16(8-9)11-7-14-10(6-15-11)12(17)18/h6-7,9H,4-5,8H2,1-3H3,(H,17,18). The third-order valence-electron chi connectivity index (χ3n) is 3.59. The van der Waals surface area contributed by atoms with Gasteiger partial charge in [0.25, 0.3) is 0 Å². The summed E-state index contributed by atoms with van der Waals surface area (Å²) >= 11 is 0. The highest BCUT2D eigenvalue weighted by molar-refractivity contribution is 5.84. The Bertz CT molecular complexity index is 437. The maximum absolute atomic E-state index is 10.7. The number of anilines is 1. The Kier molecular flexibility index (Phi) is 3.24. The van der Waals surface area contributed by atoms with Gasteiger partial charge in [0.1, 0.15) is 5.82 Å². The number of carboxylic acid groups (broad SMARTS) is 1. The number of aromatic nitrogens is 2. The van der Waals surface area contributed by atoms with Crippen LogP contribution in [-0.2, 0) is 0 Å². The predicted molar refractivity (Wildman–Crippen MR) is 68.8 cm³/mol. The molecular formula is C13H19N3O2. The third kappa shape index (κ3) is 2.60. The van der Waals surface area contributed by atoms with Crippen LogP contribution in [0.4, 0.5) is 5.82 Å². The molecule has 1 aliphatic rings. The first-order chi connectivity index (χ1) is 8.38. The van der Waals surface area contributed by atoms with Gasteiger partial charge >= 0.3 is 5.97 Å². The molecule has 2 rings (SSSR count). The van der Waals surface area contributed by atoms with E-state index in [0.29, 0.717) is 11.3 Å². The normalized spacial score (nSPS) is 20.2.